The summed E-state index contributed by atoms with van der Waals surface area (Å²) in [5, 5.41) is 13.5. The number of aliphatic hydroxyl groups excluding tert-OH is 1. The SMILES string of the molecule is CCCNC(C)(CO)CSC(C)C(C)C. The van der Waals surface area contributed by atoms with E-state index in [1.165, 1.54) is 0 Å². The van der Waals surface area contributed by atoms with Crippen molar-refractivity contribution in [3.05, 3.63) is 0 Å². The van der Waals surface area contributed by atoms with Gasteiger partial charge in [-0.25, -0.2) is 0 Å². The molecule has 0 aliphatic heterocycles. The van der Waals surface area contributed by atoms with Crippen molar-refractivity contribution in [1.29, 1.82) is 0 Å². The zero-order chi connectivity index (χ0) is 11.9. The van der Waals surface area contributed by atoms with E-state index in [4.69, 9.17) is 0 Å². The van der Waals surface area contributed by atoms with Crippen LogP contribution in [0.2, 0.25) is 0 Å². The van der Waals surface area contributed by atoms with E-state index in [1.807, 2.05) is 11.8 Å². The highest BCUT2D eigenvalue weighted by atomic mass is 32.2. The van der Waals surface area contributed by atoms with Gasteiger partial charge in [0, 0.05) is 16.5 Å². The topological polar surface area (TPSA) is 32.3 Å². The van der Waals surface area contributed by atoms with Crippen LogP contribution in [0.25, 0.3) is 0 Å². The van der Waals surface area contributed by atoms with E-state index in [0.717, 1.165) is 18.7 Å². The molecule has 2 unspecified atom stereocenters. The van der Waals surface area contributed by atoms with Gasteiger partial charge in [-0.05, 0) is 25.8 Å². The monoisotopic (exact) mass is 233 g/mol. The Bertz CT molecular complexity index is 164. The summed E-state index contributed by atoms with van der Waals surface area (Å²) in [5.41, 5.74) is -0.121. The van der Waals surface area contributed by atoms with Crippen LogP contribution in [0.3, 0.4) is 0 Å². The van der Waals surface area contributed by atoms with Gasteiger partial charge in [-0.1, -0.05) is 27.7 Å². The lowest BCUT2D eigenvalue weighted by atomic mass is 10.1. The molecule has 0 bridgehead atoms. The van der Waals surface area contributed by atoms with Gasteiger partial charge in [-0.15, -0.1) is 0 Å². The zero-order valence-electron chi connectivity index (χ0n) is 10.8. The summed E-state index contributed by atoms with van der Waals surface area (Å²) in [5.74, 6) is 1.67. The van der Waals surface area contributed by atoms with Gasteiger partial charge in [-0.3, -0.25) is 0 Å². The standard InChI is InChI=1S/C12H27NOS/c1-6-7-13-12(5,8-14)9-15-11(4)10(2)3/h10-11,13-14H,6-9H2,1-5H3. The van der Waals surface area contributed by atoms with E-state index in [-0.39, 0.29) is 12.1 Å². The van der Waals surface area contributed by atoms with Gasteiger partial charge in [0.05, 0.1) is 6.61 Å². The molecule has 0 radical (unpaired) electrons. The van der Waals surface area contributed by atoms with E-state index < -0.39 is 0 Å². The van der Waals surface area contributed by atoms with Crippen LogP contribution in [0.4, 0.5) is 0 Å². The van der Waals surface area contributed by atoms with Crippen LogP contribution in [0, 0.1) is 5.92 Å². The van der Waals surface area contributed by atoms with Crippen molar-refractivity contribution < 1.29 is 5.11 Å². The van der Waals surface area contributed by atoms with E-state index in [0.29, 0.717) is 11.2 Å². The van der Waals surface area contributed by atoms with Crippen LogP contribution in [-0.4, -0.2) is 34.8 Å². The Labute approximate surface area is 99.2 Å². The Hall–Kier alpha value is 0.270. The lowest BCUT2D eigenvalue weighted by Gasteiger charge is -2.30. The lowest BCUT2D eigenvalue weighted by molar-refractivity contribution is 0.192. The van der Waals surface area contributed by atoms with Gasteiger partial charge in [0.1, 0.15) is 0 Å². The molecule has 0 fully saturated rings. The first-order chi connectivity index (χ1) is 6.95. The van der Waals surface area contributed by atoms with Crippen LogP contribution in [0.15, 0.2) is 0 Å². The van der Waals surface area contributed by atoms with E-state index in [9.17, 15) is 5.11 Å². The van der Waals surface area contributed by atoms with Crippen molar-refractivity contribution in [2.75, 3.05) is 18.9 Å². The summed E-state index contributed by atoms with van der Waals surface area (Å²) in [7, 11) is 0. The van der Waals surface area contributed by atoms with Crippen LogP contribution < -0.4 is 5.32 Å². The number of nitrogens with one attached hydrogen (secondary N) is 1. The van der Waals surface area contributed by atoms with Crippen molar-refractivity contribution in [2.24, 2.45) is 5.92 Å². The first kappa shape index (κ1) is 15.3. The van der Waals surface area contributed by atoms with Crippen LogP contribution in [-0.2, 0) is 0 Å². The molecule has 0 saturated carbocycles. The number of hydrogen-bond donors (Lipinski definition) is 2. The van der Waals surface area contributed by atoms with Gasteiger partial charge in [-0.2, -0.15) is 11.8 Å². The summed E-state index contributed by atoms with van der Waals surface area (Å²) in [6, 6.07) is 0. The molecule has 0 amide bonds. The summed E-state index contributed by atoms with van der Waals surface area (Å²) < 4.78 is 0. The van der Waals surface area contributed by atoms with Gasteiger partial charge in [0.15, 0.2) is 0 Å². The molecule has 0 heterocycles. The molecule has 2 atom stereocenters. The van der Waals surface area contributed by atoms with E-state index in [2.05, 4.69) is 39.9 Å². The molecule has 0 aliphatic carbocycles. The summed E-state index contributed by atoms with van der Waals surface area (Å²) in [6.45, 7) is 12.2. The van der Waals surface area contributed by atoms with Crippen molar-refractivity contribution in [1.82, 2.24) is 5.32 Å². The molecule has 2 N–H and O–H groups in total. The predicted octanol–water partition coefficient (Wildman–Crippen LogP) is 2.51. The van der Waals surface area contributed by atoms with Crippen LogP contribution >= 0.6 is 11.8 Å². The van der Waals surface area contributed by atoms with Crippen molar-refractivity contribution in [3.63, 3.8) is 0 Å². The Balaban J connectivity index is 3.96. The highest BCUT2D eigenvalue weighted by Gasteiger charge is 2.23. The van der Waals surface area contributed by atoms with Gasteiger partial charge in [0.25, 0.3) is 0 Å². The van der Waals surface area contributed by atoms with Gasteiger partial charge in [0.2, 0.25) is 0 Å². The minimum atomic E-state index is -0.121. The third kappa shape index (κ3) is 6.44. The van der Waals surface area contributed by atoms with E-state index in [1.54, 1.807) is 0 Å². The lowest BCUT2D eigenvalue weighted by Crippen LogP contribution is -2.48. The maximum Gasteiger partial charge on any atom is 0.0618 e. The molecule has 3 heteroatoms. The Morgan fingerprint density at radius 2 is 1.93 bits per heavy atom. The summed E-state index contributed by atoms with van der Waals surface area (Å²) in [6.07, 6.45) is 1.11. The molecule has 0 saturated heterocycles. The van der Waals surface area contributed by atoms with Gasteiger partial charge >= 0.3 is 0 Å². The first-order valence-electron chi connectivity index (χ1n) is 5.92. The minimum Gasteiger partial charge on any atom is -0.394 e. The Kier molecular flexibility index (Phi) is 7.66. The molecule has 0 aromatic rings. The maximum absolute atomic E-state index is 9.39. The highest BCUT2D eigenvalue weighted by Crippen LogP contribution is 2.22. The second-order valence-corrected chi connectivity index (χ2v) is 6.27. The molecular weight excluding hydrogens is 206 g/mol. The highest BCUT2D eigenvalue weighted by molar-refractivity contribution is 7.99. The molecule has 0 aliphatic rings. The molecule has 0 aromatic carbocycles. The summed E-state index contributed by atoms with van der Waals surface area (Å²) in [4.78, 5) is 0. The summed E-state index contributed by atoms with van der Waals surface area (Å²) >= 11 is 1.94. The second kappa shape index (κ2) is 7.53. The Morgan fingerprint density at radius 3 is 2.33 bits per heavy atom. The number of aliphatic hydroxyl groups is 1. The third-order valence-electron chi connectivity index (χ3n) is 2.75. The molecule has 0 rings (SSSR count). The fourth-order valence-electron chi connectivity index (χ4n) is 1.09. The van der Waals surface area contributed by atoms with Crippen molar-refractivity contribution >= 4 is 11.8 Å². The number of hydrogen-bond acceptors (Lipinski definition) is 3. The average molecular weight is 233 g/mol. The zero-order valence-corrected chi connectivity index (χ0v) is 11.7. The largest absolute Gasteiger partial charge is 0.394 e. The van der Waals surface area contributed by atoms with E-state index >= 15 is 0 Å². The molecule has 0 spiro atoms. The van der Waals surface area contributed by atoms with Crippen LogP contribution in [0.5, 0.6) is 0 Å². The normalized spacial score (nSPS) is 17.8. The number of rotatable bonds is 8. The van der Waals surface area contributed by atoms with Crippen LogP contribution in [0.1, 0.15) is 41.0 Å². The maximum atomic E-state index is 9.39. The smallest absolute Gasteiger partial charge is 0.0618 e. The Morgan fingerprint density at radius 1 is 1.33 bits per heavy atom. The molecular formula is C12H27NOS. The van der Waals surface area contributed by atoms with Gasteiger partial charge < -0.3 is 10.4 Å². The third-order valence-corrected chi connectivity index (χ3v) is 4.63. The predicted molar refractivity (Wildman–Crippen MR) is 70.5 cm³/mol. The quantitative estimate of drug-likeness (QED) is 0.676. The van der Waals surface area contributed by atoms with Crippen molar-refractivity contribution in [2.45, 2.75) is 51.8 Å². The molecule has 92 valence electrons. The number of thioether (sulfide) groups is 1. The molecule has 2 nitrogen and oxygen atoms in total. The minimum absolute atomic E-state index is 0.121. The second-order valence-electron chi connectivity index (χ2n) is 4.91. The average Bonchev–Trinajstić information content (AvgIpc) is 2.22. The van der Waals surface area contributed by atoms with Crippen molar-refractivity contribution in [3.8, 4) is 0 Å². The fourth-order valence-corrected chi connectivity index (χ4v) is 2.30. The molecule has 0 aromatic heterocycles. The first-order valence-corrected chi connectivity index (χ1v) is 6.97. The molecule has 15 heavy (non-hydrogen) atoms. The fraction of sp³-hybridized carbons (Fsp3) is 1.00.